The first-order valence-corrected chi connectivity index (χ1v) is 6.35. The Morgan fingerprint density at radius 3 is 2.75 bits per heavy atom. The number of carbonyl (C=O) groups excluding carboxylic acids is 1. The van der Waals surface area contributed by atoms with E-state index in [0.717, 1.165) is 12.0 Å². The minimum Gasteiger partial charge on any atom is -0.341 e. The van der Waals surface area contributed by atoms with E-state index in [2.05, 4.69) is 4.98 Å². The van der Waals surface area contributed by atoms with Gasteiger partial charge in [-0.25, -0.2) is 0 Å². The Kier molecular flexibility index (Phi) is 4.46. The van der Waals surface area contributed by atoms with Crippen LogP contribution in [-0.2, 0) is 6.42 Å². The second-order valence-electron chi connectivity index (χ2n) is 4.52. The van der Waals surface area contributed by atoms with Gasteiger partial charge in [-0.3, -0.25) is 9.78 Å². The van der Waals surface area contributed by atoms with Gasteiger partial charge in [-0.2, -0.15) is 5.26 Å². The molecule has 0 aliphatic carbocycles. The van der Waals surface area contributed by atoms with Gasteiger partial charge in [0.1, 0.15) is 0 Å². The van der Waals surface area contributed by atoms with Gasteiger partial charge in [0.2, 0.25) is 0 Å². The molecular weight excluding hydrogens is 250 g/mol. The molecule has 0 saturated carbocycles. The van der Waals surface area contributed by atoms with E-state index in [-0.39, 0.29) is 5.91 Å². The van der Waals surface area contributed by atoms with E-state index in [1.54, 1.807) is 48.6 Å². The summed E-state index contributed by atoms with van der Waals surface area (Å²) < 4.78 is 0. The summed E-state index contributed by atoms with van der Waals surface area (Å²) in [6.07, 6.45) is 4.27. The van der Waals surface area contributed by atoms with Crippen molar-refractivity contribution in [3.8, 4) is 6.07 Å². The van der Waals surface area contributed by atoms with Crippen molar-refractivity contribution in [3.05, 3.63) is 65.5 Å². The van der Waals surface area contributed by atoms with Crippen LogP contribution in [0.5, 0.6) is 0 Å². The third-order valence-corrected chi connectivity index (χ3v) is 3.07. The number of aromatic nitrogens is 1. The van der Waals surface area contributed by atoms with Crippen molar-refractivity contribution < 1.29 is 4.79 Å². The summed E-state index contributed by atoms with van der Waals surface area (Å²) in [5.41, 5.74) is 2.19. The van der Waals surface area contributed by atoms with Gasteiger partial charge in [-0.05, 0) is 42.3 Å². The molecular formula is C16H15N3O. The molecule has 0 unspecified atom stereocenters. The maximum Gasteiger partial charge on any atom is 0.253 e. The van der Waals surface area contributed by atoms with Gasteiger partial charge in [0.15, 0.2) is 0 Å². The topological polar surface area (TPSA) is 57.0 Å². The molecule has 100 valence electrons. The smallest absolute Gasteiger partial charge is 0.253 e. The molecule has 0 fully saturated rings. The Morgan fingerprint density at radius 2 is 2.05 bits per heavy atom. The number of hydrogen-bond donors (Lipinski definition) is 0. The van der Waals surface area contributed by atoms with Crippen LogP contribution in [0.25, 0.3) is 0 Å². The predicted molar refractivity (Wildman–Crippen MR) is 76.1 cm³/mol. The van der Waals surface area contributed by atoms with E-state index in [1.165, 1.54) is 0 Å². The highest BCUT2D eigenvalue weighted by atomic mass is 16.2. The standard InChI is InChI=1S/C16H15N3O/c1-19(10-7-13-5-8-18-9-6-13)16(20)15-4-2-3-14(11-15)12-17/h2-6,8-9,11H,7,10H2,1H3. The summed E-state index contributed by atoms with van der Waals surface area (Å²) in [6.45, 7) is 0.625. The number of nitrogens with zero attached hydrogens (tertiary/aromatic N) is 3. The van der Waals surface area contributed by atoms with Crippen LogP contribution in [0.2, 0.25) is 0 Å². The fourth-order valence-electron chi connectivity index (χ4n) is 1.89. The van der Waals surface area contributed by atoms with Gasteiger partial charge in [-0.15, -0.1) is 0 Å². The summed E-state index contributed by atoms with van der Waals surface area (Å²) in [7, 11) is 1.77. The molecule has 0 bridgehead atoms. The monoisotopic (exact) mass is 265 g/mol. The van der Waals surface area contributed by atoms with Gasteiger partial charge in [0, 0.05) is 31.5 Å². The lowest BCUT2D eigenvalue weighted by atomic mass is 10.1. The van der Waals surface area contributed by atoms with Crippen LogP contribution in [0.15, 0.2) is 48.8 Å². The minimum absolute atomic E-state index is 0.0730. The number of likely N-dealkylation sites (N-methyl/N-ethyl adjacent to an activating group) is 1. The molecule has 4 nitrogen and oxygen atoms in total. The molecule has 1 aromatic heterocycles. The number of pyridine rings is 1. The van der Waals surface area contributed by atoms with Gasteiger partial charge in [-0.1, -0.05) is 6.07 Å². The molecule has 0 spiro atoms. The molecule has 0 radical (unpaired) electrons. The van der Waals surface area contributed by atoms with Crippen LogP contribution >= 0.6 is 0 Å². The van der Waals surface area contributed by atoms with Crippen molar-refractivity contribution in [2.24, 2.45) is 0 Å². The minimum atomic E-state index is -0.0730. The Balaban J connectivity index is 2.00. The maximum atomic E-state index is 12.2. The van der Waals surface area contributed by atoms with E-state index in [4.69, 9.17) is 5.26 Å². The normalized spacial score (nSPS) is 9.80. The first kappa shape index (κ1) is 13.8. The lowest BCUT2D eigenvalue weighted by Gasteiger charge is -2.17. The molecule has 1 heterocycles. The highest BCUT2D eigenvalue weighted by Crippen LogP contribution is 2.08. The molecule has 20 heavy (non-hydrogen) atoms. The highest BCUT2D eigenvalue weighted by Gasteiger charge is 2.11. The van der Waals surface area contributed by atoms with Crippen LogP contribution in [0.1, 0.15) is 21.5 Å². The van der Waals surface area contributed by atoms with Crippen molar-refractivity contribution in [2.75, 3.05) is 13.6 Å². The quantitative estimate of drug-likeness (QED) is 0.852. The Bertz CT molecular complexity index is 632. The van der Waals surface area contributed by atoms with Gasteiger partial charge in [0.05, 0.1) is 11.6 Å². The molecule has 0 aliphatic rings. The van der Waals surface area contributed by atoms with E-state index in [9.17, 15) is 4.79 Å². The van der Waals surface area contributed by atoms with Crippen molar-refractivity contribution >= 4 is 5.91 Å². The summed E-state index contributed by atoms with van der Waals surface area (Å²) in [4.78, 5) is 17.9. The van der Waals surface area contributed by atoms with Crippen LogP contribution in [0, 0.1) is 11.3 Å². The van der Waals surface area contributed by atoms with Gasteiger partial charge in [0.25, 0.3) is 5.91 Å². The van der Waals surface area contributed by atoms with E-state index >= 15 is 0 Å². The van der Waals surface area contributed by atoms with Crippen molar-refractivity contribution in [1.82, 2.24) is 9.88 Å². The van der Waals surface area contributed by atoms with Crippen molar-refractivity contribution in [3.63, 3.8) is 0 Å². The van der Waals surface area contributed by atoms with E-state index < -0.39 is 0 Å². The molecule has 2 rings (SSSR count). The molecule has 4 heteroatoms. The molecule has 0 aliphatic heterocycles. The zero-order chi connectivity index (χ0) is 14.4. The summed E-state index contributed by atoms with van der Waals surface area (Å²) >= 11 is 0. The second-order valence-corrected chi connectivity index (χ2v) is 4.52. The third-order valence-electron chi connectivity index (χ3n) is 3.07. The first-order chi connectivity index (χ1) is 9.70. The fraction of sp³-hybridized carbons (Fsp3) is 0.188. The molecule has 0 atom stereocenters. The number of carbonyl (C=O) groups is 1. The Hall–Kier alpha value is -2.67. The average molecular weight is 265 g/mol. The molecule has 1 amide bonds. The van der Waals surface area contributed by atoms with E-state index in [1.807, 2.05) is 18.2 Å². The van der Waals surface area contributed by atoms with Crippen molar-refractivity contribution in [1.29, 1.82) is 5.26 Å². The van der Waals surface area contributed by atoms with Crippen LogP contribution in [0.3, 0.4) is 0 Å². The number of rotatable bonds is 4. The number of nitriles is 1. The molecule has 1 aromatic carbocycles. The third kappa shape index (κ3) is 3.42. The lowest BCUT2D eigenvalue weighted by molar-refractivity contribution is 0.0796. The number of amides is 1. The Labute approximate surface area is 118 Å². The summed E-state index contributed by atoms with van der Waals surface area (Å²) in [5.74, 6) is -0.0730. The van der Waals surface area contributed by atoms with Crippen LogP contribution < -0.4 is 0 Å². The zero-order valence-corrected chi connectivity index (χ0v) is 11.3. The first-order valence-electron chi connectivity index (χ1n) is 6.35. The van der Waals surface area contributed by atoms with Gasteiger partial charge >= 0.3 is 0 Å². The van der Waals surface area contributed by atoms with Gasteiger partial charge < -0.3 is 4.90 Å². The lowest BCUT2D eigenvalue weighted by Crippen LogP contribution is -2.28. The molecule has 2 aromatic rings. The Morgan fingerprint density at radius 1 is 1.30 bits per heavy atom. The zero-order valence-electron chi connectivity index (χ0n) is 11.3. The maximum absolute atomic E-state index is 12.2. The number of hydrogen-bond acceptors (Lipinski definition) is 3. The summed E-state index contributed by atoms with van der Waals surface area (Å²) in [6, 6.07) is 12.7. The SMILES string of the molecule is CN(CCc1ccncc1)C(=O)c1cccc(C#N)c1. The highest BCUT2D eigenvalue weighted by molar-refractivity contribution is 5.94. The molecule has 0 N–H and O–H groups in total. The largest absolute Gasteiger partial charge is 0.341 e. The molecule has 0 saturated heterocycles. The fourth-order valence-corrected chi connectivity index (χ4v) is 1.89. The van der Waals surface area contributed by atoms with Crippen molar-refractivity contribution in [2.45, 2.75) is 6.42 Å². The van der Waals surface area contributed by atoms with E-state index in [0.29, 0.717) is 17.7 Å². The second kappa shape index (κ2) is 6.48. The average Bonchev–Trinajstić information content (AvgIpc) is 2.53. The van der Waals surface area contributed by atoms with Crippen LogP contribution in [0.4, 0.5) is 0 Å². The number of benzene rings is 1. The van der Waals surface area contributed by atoms with Crippen LogP contribution in [-0.4, -0.2) is 29.4 Å². The summed E-state index contributed by atoms with van der Waals surface area (Å²) in [5, 5.41) is 8.85. The predicted octanol–water partition coefficient (Wildman–Crippen LogP) is 2.27.